The molecule has 0 saturated carbocycles. The van der Waals surface area contributed by atoms with E-state index in [1.54, 1.807) is 0 Å². The maximum Gasteiger partial charge on any atom is 0.333 e. The first-order valence-electron chi connectivity index (χ1n) is 27.1. The van der Waals surface area contributed by atoms with Crippen molar-refractivity contribution < 1.29 is 0 Å². The Morgan fingerprint density at radius 2 is 0.961 bits per heavy atom. The fourth-order valence-electron chi connectivity index (χ4n) is 12.8. The van der Waals surface area contributed by atoms with Gasteiger partial charge in [-0.1, -0.05) is 201 Å². The molecular formula is C72H64BN3. The van der Waals surface area contributed by atoms with Gasteiger partial charge in [-0.25, -0.2) is 0 Å². The first kappa shape index (κ1) is 47.4. The van der Waals surface area contributed by atoms with Gasteiger partial charge < -0.3 is 14.6 Å². The van der Waals surface area contributed by atoms with Gasteiger partial charge >= 0.3 is 6.85 Å². The molecule has 10 aromatic carbocycles. The van der Waals surface area contributed by atoms with Gasteiger partial charge in [0.1, 0.15) is 0 Å². The van der Waals surface area contributed by atoms with Gasteiger partial charge in [0.25, 0.3) is 0 Å². The largest absolute Gasteiger partial charge is 0.376 e. The molecule has 0 aromatic heterocycles. The Labute approximate surface area is 450 Å². The predicted octanol–water partition coefficient (Wildman–Crippen LogP) is 18.4. The Bertz CT molecular complexity index is 3820. The van der Waals surface area contributed by atoms with E-state index in [-0.39, 0.29) is 23.1 Å². The molecule has 76 heavy (non-hydrogen) atoms. The number of aryl methyl sites for hydroxylation is 1. The molecule has 4 heteroatoms. The highest BCUT2D eigenvalue weighted by Crippen LogP contribution is 2.58. The van der Waals surface area contributed by atoms with E-state index < -0.39 is 0 Å². The highest BCUT2D eigenvalue weighted by molar-refractivity contribution is 6.93. The van der Waals surface area contributed by atoms with Crippen molar-refractivity contribution in [2.75, 3.05) is 14.6 Å². The molecule has 3 nitrogen and oxygen atoms in total. The highest BCUT2D eigenvalue weighted by atomic mass is 15.2. The molecule has 0 amide bonds. The minimum Gasteiger partial charge on any atom is -0.376 e. The number of benzene rings is 10. The molecule has 0 spiro atoms. The molecule has 0 bridgehead atoms. The molecule has 3 aliphatic rings. The molecule has 10 aromatic rings. The fraction of sp³-hybridized carbons (Fsp3) is 0.167. The average molecular weight is 982 g/mol. The summed E-state index contributed by atoms with van der Waals surface area (Å²) in [6, 6.07) is 84.7. The second kappa shape index (κ2) is 17.6. The van der Waals surface area contributed by atoms with Crippen molar-refractivity contribution in [3.63, 3.8) is 0 Å². The lowest BCUT2D eigenvalue weighted by molar-refractivity contribution is 0.590. The molecule has 1 aliphatic carbocycles. The van der Waals surface area contributed by atoms with Crippen molar-refractivity contribution in [1.29, 1.82) is 0 Å². The fourth-order valence-corrected chi connectivity index (χ4v) is 12.8. The van der Waals surface area contributed by atoms with Crippen LogP contribution in [0.15, 0.2) is 224 Å². The van der Waals surface area contributed by atoms with E-state index in [4.69, 9.17) is 0 Å². The van der Waals surface area contributed by atoms with Gasteiger partial charge in [0.15, 0.2) is 0 Å². The number of nitrogens with zero attached hydrogens (tertiary/aromatic N) is 3. The van der Waals surface area contributed by atoms with E-state index in [2.05, 4.69) is 301 Å². The van der Waals surface area contributed by atoms with Crippen LogP contribution in [0.3, 0.4) is 0 Å². The van der Waals surface area contributed by atoms with Crippen LogP contribution in [0.5, 0.6) is 0 Å². The van der Waals surface area contributed by atoms with E-state index in [0.717, 1.165) is 22.7 Å². The van der Waals surface area contributed by atoms with Gasteiger partial charge in [-0.3, -0.25) is 0 Å². The standard InChI is InChI=1S/C72H64BN3/c1-47-43-51(49-23-14-11-15-24-49)31-41-63(47)75-65-42-40-56(74(54-36-32-52(33-37-54)70(2,3)4)55-38-34-53(35-39-55)71(5,6)7)45-62(65)73-69-66(75)46-60-58-27-16-18-29-61(58)72(8,9)68(60)67(69)59-28-17-19-30-64(59)76(73)57-26-20-25-50(44-57)48-21-12-10-13-22-48/h10-46H,1-9H3. The average Bonchev–Trinajstić information content (AvgIpc) is 3.87. The summed E-state index contributed by atoms with van der Waals surface area (Å²) < 4.78 is 0. The number of fused-ring (bicyclic) bond motifs is 8. The van der Waals surface area contributed by atoms with Crippen molar-refractivity contribution in [1.82, 2.24) is 0 Å². The predicted molar refractivity (Wildman–Crippen MR) is 325 cm³/mol. The van der Waals surface area contributed by atoms with Crippen molar-refractivity contribution in [2.24, 2.45) is 0 Å². The summed E-state index contributed by atoms with van der Waals surface area (Å²) in [7, 11) is 0. The summed E-state index contributed by atoms with van der Waals surface area (Å²) in [6.45, 7) is 20.7. The third-order valence-corrected chi connectivity index (χ3v) is 16.6. The van der Waals surface area contributed by atoms with E-state index in [1.807, 2.05) is 0 Å². The number of anilines is 8. The summed E-state index contributed by atoms with van der Waals surface area (Å²) in [4.78, 5) is 7.75. The van der Waals surface area contributed by atoms with Crippen LogP contribution < -0.4 is 25.5 Å². The normalized spacial score (nSPS) is 13.9. The number of hydrogen-bond donors (Lipinski definition) is 0. The van der Waals surface area contributed by atoms with Crippen molar-refractivity contribution in [2.45, 2.75) is 78.6 Å². The minimum absolute atomic E-state index is 0.0180. The highest BCUT2D eigenvalue weighted by Gasteiger charge is 2.50. The van der Waals surface area contributed by atoms with E-state index in [1.165, 1.54) is 106 Å². The van der Waals surface area contributed by atoms with E-state index in [9.17, 15) is 0 Å². The van der Waals surface area contributed by atoms with Gasteiger partial charge in [-0.2, -0.15) is 0 Å². The summed E-state index contributed by atoms with van der Waals surface area (Å²) in [5, 5.41) is 0. The monoisotopic (exact) mass is 982 g/mol. The van der Waals surface area contributed by atoms with Crippen LogP contribution in [-0.4, -0.2) is 6.85 Å². The van der Waals surface area contributed by atoms with Crippen LogP contribution in [0.25, 0.3) is 44.5 Å². The summed E-state index contributed by atoms with van der Waals surface area (Å²) in [5.74, 6) is 0. The molecule has 13 rings (SSSR count). The lowest BCUT2D eigenvalue weighted by Crippen LogP contribution is -2.62. The van der Waals surface area contributed by atoms with E-state index >= 15 is 0 Å². The molecule has 0 radical (unpaired) electrons. The summed E-state index contributed by atoms with van der Waals surface area (Å²) in [6.07, 6.45) is 0. The zero-order valence-corrected chi connectivity index (χ0v) is 45.3. The van der Waals surface area contributed by atoms with Crippen molar-refractivity contribution in [3.05, 3.63) is 252 Å². The van der Waals surface area contributed by atoms with Crippen molar-refractivity contribution >= 4 is 63.3 Å². The zero-order chi connectivity index (χ0) is 52.3. The Kier molecular flexibility index (Phi) is 11.0. The van der Waals surface area contributed by atoms with Gasteiger partial charge in [-0.15, -0.1) is 0 Å². The number of rotatable bonds is 7. The van der Waals surface area contributed by atoms with Crippen LogP contribution in [0.2, 0.25) is 0 Å². The Balaban J connectivity index is 1.13. The van der Waals surface area contributed by atoms with Gasteiger partial charge in [-0.05, 0) is 174 Å². The smallest absolute Gasteiger partial charge is 0.333 e. The van der Waals surface area contributed by atoms with Crippen LogP contribution in [0.1, 0.15) is 83.2 Å². The lowest BCUT2D eigenvalue weighted by Gasteiger charge is -2.47. The second-order valence-corrected chi connectivity index (χ2v) is 23.9. The molecule has 0 atom stereocenters. The number of hydrogen-bond acceptors (Lipinski definition) is 3. The van der Waals surface area contributed by atoms with Crippen LogP contribution in [0, 0.1) is 6.92 Å². The molecule has 2 aliphatic heterocycles. The lowest BCUT2D eigenvalue weighted by atomic mass is 9.42. The third kappa shape index (κ3) is 7.63. The van der Waals surface area contributed by atoms with Crippen molar-refractivity contribution in [3.8, 4) is 44.5 Å². The van der Waals surface area contributed by atoms with Gasteiger partial charge in [0.2, 0.25) is 0 Å². The Hall–Kier alpha value is -8.34. The Morgan fingerprint density at radius 3 is 1.58 bits per heavy atom. The molecule has 0 saturated heterocycles. The zero-order valence-electron chi connectivity index (χ0n) is 45.3. The molecule has 0 N–H and O–H groups in total. The molecular weight excluding hydrogens is 918 g/mol. The first-order chi connectivity index (χ1) is 36.6. The van der Waals surface area contributed by atoms with E-state index in [0.29, 0.717) is 0 Å². The summed E-state index contributed by atoms with van der Waals surface area (Å²) >= 11 is 0. The maximum absolute atomic E-state index is 2.67. The molecule has 0 fully saturated rings. The molecule has 370 valence electrons. The van der Waals surface area contributed by atoms with Gasteiger partial charge in [0, 0.05) is 56.5 Å². The van der Waals surface area contributed by atoms with Crippen LogP contribution in [0.4, 0.5) is 45.5 Å². The molecule has 2 heterocycles. The first-order valence-corrected chi connectivity index (χ1v) is 27.1. The SMILES string of the molecule is Cc1cc(-c2ccccc2)ccc1N1c2ccc(N(c3ccc(C(C)(C)C)cc3)c3ccc(C(C)(C)C)cc3)cc2B2c3c1cc1c(c3-c3ccccc3N2c2cccc(-c3ccccc3)c2)C(C)(C)c2ccccc2-1. The maximum atomic E-state index is 2.67. The van der Waals surface area contributed by atoms with Crippen LogP contribution in [-0.2, 0) is 16.2 Å². The van der Waals surface area contributed by atoms with Crippen LogP contribution >= 0.6 is 0 Å². The number of para-hydroxylation sites is 1. The quantitative estimate of drug-likeness (QED) is 0.147. The molecule has 0 unspecified atom stereocenters. The minimum atomic E-state index is -0.265. The third-order valence-electron chi connectivity index (χ3n) is 16.6. The topological polar surface area (TPSA) is 9.72 Å². The summed E-state index contributed by atoms with van der Waals surface area (Å²) in [5.41, 5.74) is 28.3. The second-order valence-electron chi connectivity index (χ2n) is 23.9. The van der Waals surface area contributed by atoms with Gasteiger partial charge in [0.05, 0.1) is 0 Å². The Morgan fingerprint density at radius 1 is 0.421 bits per heavy atom.